The number of hydrogen-bond donors (Lipinski definition) is 2. The van der Waals surface area contributed by atoms with Crippen LogP contribution in [0.2, 0.25) is 0 Å². The van der Waals surface area contributed by atoms with E-state index in [-0.39, 0.29) is 10.8 Å². The number of aliphatic hydroxyl groups is 1. The standard InChI is InChI=1S/C18H23NO3S/c1-13(2)17(18(20)15-7-5-4-6-8-15)19-23(21,22)16-11-9-14(3)10-12-16/h4-13,17-20H,1-3H3/t17-,18-/m1/s1. The minimum atomic E-state index is -3.68. The van der Waals surface area contributed by atoms with Gasteiger partial charge in [0.05, 0.1) is 17.0 Å². The molecule has 2 aromatic carbocycles. The Morgan fingerprint density at radius 3 is 2.04 bits per heavy atom. The van der Waals surface area contributed by atoms with Gasteiger partial charge in [-0.25, -0.2) is 13.1 Å². The van der Waals surface area contributed by atoms with Gasteiger partial charge in [-0.05, 0) is 30.5 Å². The average molecular weight is 333 g/mol. The molecular formula is C18H23NO3S. The summed E-state index contributed by atoms with van der Waals surface area (Å²) in [7, 11) is -3.68. The molecule has 0 radical (unpaired) electrons. The lowest BCUT2D eigenvalue weighted by molar-refractivity contribution is 0.117. The highest BCUT2D eigenvalue weighted by molar-refractivity contribution is 7.89. The maximum atomic E-state index is 12.6. The Balaban J connectivity index is 2.27. The van der Waals surface area contributed by atoms with Crippen molar-refractivity contribution in [3.8, 4) is 0 Å². The van der Waals surface area contributed by atoms with Crippen LogP contribution in [0.5, 0.6) is 0 Å². The van der Waals surface area contributed by atoms with Crippen molar-refractivity contribution in [3.63, 3.8) is 0 Å². The van der Waals surface area contributed by atoms with Crippen molar-refractivity contribution in [1.82, 2.24) is 4.72 Å². The number of aryl methyl sites for hydroxylation is 1. The second-order valence-electron chi connectivity index (χ2n) is 6.06. The minimum absolute atomic E-state index is 0.0644. The first-order valence-corrected chi connectivity index (χ1v) is 9.11. The van der Waals surface area contributed by atoms with Crippen molar-refractivity contribution in [2.45, 2.75) is 37.8 Å². The van der Waals surface area contributed by atoms with Crippen molar-refractivity contribution in [2.75, 3.05) is 0 Å². The predicted molar refractivity (Wildman–Crippen MR) is 91.5 cm³/mol. The number of nitrogens with one attached hydrogen (secondary N) is 1. The van der Waals surface area contributed by atoms with E-state index in [0.29, 0.717) is 5.56 Å². The van der Waals surface area contributed by atoms with Gasteiger partial charge in [0, 0.05) is 0 Å². The Bertz CT molecular complexity index is 725. The van der Waals surface area contributed by atoms with Crippen LogP contribution in [0.1, 0.15) is 31.1 Å². The zero-order valence-corrected chi connectivity index (χ0v) is 14.4. The van der Waals surface area contributed by atoms with Gasteiger partial charge in [-0.3, -0.25) is 0 Å². The van der Waals surface area contributed by atoms with Gasteiger partial charge in [-0.2, -0.15) is 0 Å². The number of benzene rings is 2. The molecule has 5 heteroatoms. The lowest BCUT2D eigenvalue weighted by atomic mass is 9.94. The number of aliphatic hydroxyl groups excluding tert-OH is 1. The summed E-state index contributed by atoms with van der Waals surface area (Å²) in [6.45, 7) is 5.67. The summed E-state index contributed by atoms with van der Waals surface area (Å²) in [4.78, 5) is 0.203. The number of rotatable bonds is 6. The van der Waals surface area contributed by atoms with E-state index < -0.39 is 22.2 Å². The maximum absolute atomic E-state index is 12.6. The molecule has 0 saturated heterocycles. The first-order valence-electron chi connectivity index (χ1n) is 7.63. The topological polar surface area (TPSA) is 66.4 Å². The van der Waals surface area contributed by atoms with Crippen molar-refractivity contribution < 1.29 is 13.5 Å². The molecule has 0 unspecified atom stereocenters. The monoisotopic (exact) mass is 333 g/mol. The molecule has 0 aliphatic carbocycles. The highest BCUT2D eigenvalue weighted by atomic mass is 32.2. The summed E-state index contributed by atoms with van der Waals surface area (Å²) >= 11 is 0. The Labute approximate surface area is 138 Å². The van der Waals surface area contributed by atoms with Gasteiger partial charge in [0.2, 0.25) is 10.0 Å². The SMILES string of the molecule is Cc1ccc(S(=O)(=O)N[C@H](C(C)C)[C@H](O)c2ccccc2)cc1. The summed E-state index contributed by atoms with van der Waals surface area (Å²) in [6, 6.07) is 15.1. The van der Waals surface area contributed by atoms with Gasteiger partial charge in [-0.15, -0.1) is 0 Å². The van der Waals surface area contributed by atoms with Crippen LogP contribution < -0.4 is 4.72 Å². The van der Waals surface area contributed by atoms with E-state index in [1.807, 2.05) is 39.0 Å². The zero-order valence-electron chi connectivity index (χ0n) is 13.6. The van der Waals surface area contributed by atoms with Gasteiger partial charge in [0.25, 0.3) is 0 Å². The molecule has 0 amide bonds. The highest BCUT2D eigenvalue weighted by Gasteiger charge is 2.29. The van der Waals surface area contributed by atoms with E-state index in [9.17, 15) is 13.5 Å². The molecule has 0 aliphatic rings. The van der Waals surface area contributed by atoms with Gasteiger partial charge in [0.1, 0.15) is 0 Å². The molecular weight excluding hydrogens is 310 g/mol. The molecule has 0 aliphatic heterocycles. The third-order valence-corrected chi connectivity index (χ3v) is 5.30. The third-order valence-electron chi connectivity index (χ3n) is 3.82. The molecule has 0 aromatic heterocycles. The molecule has 2 atom stereocenters. The van der Waals surface area contributed by atoms with Crippen LogP contribution in [-0.4, -0.2) is 19.6 Å². The molecule has 2 rings (SSSR count). The molecule has 4 nitrogen and oxygen atoms in total. The Morgan fingerprint density at radius 1 is 0.957 bits per heavy atom. The van der Waals surface area contributed by atoms with Crippen molar-refractivity contribution in [2.24, 2.45) is 5.92 Å². The molecule has 2 aromatic rings. The second kappa shape index (κ2) is 7.25. The van der Waals surface area contributed by atoms with Gasteiger partial charge in [0.15, 0.2) is 0 Å². The molecule has 0 heterocycles. The van der Waals surface area contributed by atoms with Crippen LogP contribution in [0.15, 0.2) is 59.5 Å². The van der Waals surface area contributed by atoms with Crippen molar-refractivity contribution in [1.29, 1.82) is 0 Å². The molecule has 23 heavy (non-hydrogen) atoms. The van der Waals surface area contributed by atoms with Gasteiger partial charge >= 0.3 is 0 Å². The summed E-state index contributed by atoms with van der Waals surface area (Å²) in [6.07, 6.45) is -0.906. The zero-order chi connectivity index (χ0) is 17.0. The van der Waals surface area contributed by atoms with E-state index >= 15 is 0 Å². The van der Waals surface area contributed by atoms with Crippen molar-refractivity contribution in [3.05, 3.63) is 65.7 Å². The van der Waals surface area contributed by atoms with Gasteiger partial charge < -0.3 is 5.11 Å². The fourth-order valence-electron chi connectivity index (χ4n) is 2.39. The molecule has 0 fully saturated rings. The van der Waals surface area contributed by atoms with E-state index in [1.54, 1.807) is 36.4 Å². The first-order chi connectivity index (χ1) is 10.8. The van der Waals surface area contributed by atoms with Crippen LogP contribution in [0.3, 0.4) is 0 Å². The van der Waals surface area contributed by atoms with E-state index in [4.69, 9.17) is 0 Å². The summed E-state index contributed by atoms with van der Waals surface area (Å²) in [5.41, 5.74) is 1.69. The normalized spacial score (nSPS) is 14.7. The quantitative estimate of drug-likeness (QED) is 0.854. The Morgan fingerprint density at radius 2 is 1.52 bits per heavy atom. The Hall–Kier alpha value is -1.69. The minimum Gasteiger partial charge on any atom is -0.387 e. The van der Waals surface area contributed by atoms with E-state index in [0.717, 1.165) is 5.56 Å². The van der Waals surface area contributed by atoms with Crippen LogP contribution >= 0.6 is 0 Å². The molecule has 124 valence electrons. The van der Waals surface area contributed by atoms with Crippen LogP contribution in [0, 0.1) is 12.8 Å². The summed E-state index contributed by atoms with van der Waals surface area (Å²) < 4.78 is 27.8. The lowest BCUT2D eigenvalue weighted by Gasteiger charge is -2.27. The molecule has 0 saturated carbocycles. The summed E-state index contributed by atoms with van der Waals surface area (Å²) in [5, 5.41) is 10.6. The lowest BCUT2D eigenvalue weighted by Crippen LogP contribution is -2.42. The van der Waals surface area contributed by atoms with Crippen LogP contribution in [-0.2, 0) is 10.0 Å². The Kier molecular flexibility index (Phi) is 5.57. The van der Waals surface area contributed by atoms with E-state index in [2.05, 4.69) is 4.72 Å². The molecule has 2 N–H and O–H groups in total. The third kappa shape index (κ3) is 4.41. The fourth-order valence-corrected chi connectivity index (χ4v) is 3.78. The smallest absolute Gasteiger partial charge is 0.240 e. The largest absolute Gasteiger partial charge is 0.387 e. The molecule has 0 spiro atoms. The number of hydrogen-bond acceptors (Lipinski definition) is 3. The van der Waals surface area contributed by atoms with Gasteiger partial charge in [-0.1, -0.05) is 61.9 Å². The van der Waals surface area contributed by atoms with Crippen molar-refractivity contribution >= 4 is 10.0 Å². The maximum Gasteiger partial charge on any atom is 0.240 e. The fraction of sp³-hybridized carbons (Fsp3) is 0.333. The summed E-state index contributed by atoms with van der Waals surface area (Å²) in [5.74, 6) is -0.0644. The van der Waals surface area contributed by atoms with Crippen LogP contribution in [0.4, 0.5) is 0 Å². The first kappa shape index (κ1) is 17.7. The van der Waals surface area contributed by atoms with Crippen LogP contribution in [0.25, 0.3) is 0 Å². The molecule has 0 bridgehead atoms. The number of sulfonamides is 1. The van der Waals surface area contributed by atoms with E-state index in [1.165, 1.54) is 0 Å². The second-order valence-corrected chi connectivity index (χ2v) is 7.77. The highest BCUT2D eigenvalue weighted by Crippen LogP contribution is 2.23. The predicted octanol–water partition coefficient (Wildman–Crippen LogP) is 3.03. The average Bonchev–Trinajstić information content (AvgIpc) is 2.53.